The van der Waals surface area contributed by atoms with Crippen molar-refractivity contribution in [1.29, 1.82) is 0 Å². The predicted molar refractivity (Wildman–Crippen MR) is 87.8 cm³/mol. The molecule has 0 aliphatic heterocycles. The molecule has 120 valence electrons. The Morgan fingerprint density at radius 3 is 1.70 bits per heavy atom. The van der Waals surface area contributed by atoms with E-state index in [9.17, 15) is 8.78 Å². The summed E-state index contributed by atoms with van der Waals surface area (Å²) < 4.78 is 27.8. The zero-order chi connectivity index (χ0) is 16.7. The van der Waals surface area contributed by atoms with Gasteiger partial charge in [0.15, 0.2) is 0 Å². The fraction of sp³-hybridized carbons (Fsp3) is 0.263. The lowest BCUT2D eigenvalue weighted by molar-refractivity contribution is 0.568. The summed E-state index contributed by atoms with van der Waals surface area (Å²) in [7, 11) is 0. The highest BCUT2D eigenvalue weighted by Gasteiger charge is 2.26. The van der Waals surface area contributed by atoms with Crippen molar-refractivity contribution in [3.8, 4) is 0 Å². The van der Waals surface area contributed by atoms with Gasteiger partial charge in [0, 0.05) is 34.4 Å². The molecule has 2 heterocycles. The predicted octanol–water partition coefficient (Wildman–Crippen LogP) is 5.03. The molecule has 0 unspecified atom stereocenters. The zero-order valence-electron chi connectivity index (χ0n) is 13.7. The van der Waals surface area contributed by atoms with E-state index in [-0.39, 0.29) is 5.92 Å². The van der Waals surface area contributed by atoms with Crippen LogP contribution in [0.15, 0.2) is 30.3 Å². The molecule has 3 aromatic rings. The van der Waals surface area contributed by atoms with Crippen molar-refractivity contribution in [2.45, 2.75) is 33.6 Å². The first-order chi connectivity index (χ1) is 10.9. The van der Waals surface area contributed by atoms with Crippen LogP contribution in [0.2, 0.25) is 0 Å². The highest BCUT2D eigenvalue weighted by atomic mass is 19.1. The van der Waals surface area contributed by atoms with Gasteiger partial charge in [0.05, 0.1) is 5.92 Å². The van der Waals surface area contributed by atoms with Gasteiger partial charge < -0.3 is 9.97 Å². The Morgan fingerprint density at radius 1 is 0.783 bits per heavy atom. The van der Waals surface area contributed by atoms with Crippen molar-refractivity contribution in [2.24, 2.45) is 0 Å². The van der Waals surface area contributed by atoms with Crippen LogP contribution in [0.5, 0.6) is 0 Å². The summed E-state index contributed by atoms with van der Waals surface area (Å²) in [6.45, 7) is 7.94. The van der Waals surface area contributed by atoms with E-state index in [1.54, 1.807) is 0 Å². The fourth-order valence-electron chi connectivity index (χ4n) is 3.29. The van der Waals surface area contributed by atoms with E-state index in [1.807, 2.05) is 39.8 Å². The maximum absolute atomic E-state index is 14.5. The number of benzene rings is 1. The molecule has 2 nitrogen and oxygen atoms in total. The molecule has 2 N–H and O–H groups in total. The van der Waals surface area contributed by atoms with Crippen molar-refractivity contribution < 1.29 is 8.78 Å². The van der Waals surface area contributed by atoms with Crippen LogP contribution in [0.1, 0.15) is 45.4 Å². The molecule has 0 aliphatic rings. The second-order valence-electron chi connectivity index (χ2n) is 6.20. The topological polar surface area (TPSA) is 31.6 Å². The van der Waals surface area contributed by atoms with Gasteiger partial charge in [-0.15, -0.1) is 0 Å². The van der Waals surface area contributed by atoms with Crippen LogP contribution in [0.3, 0.4) is 0 Å². The Kier molecular flexibility index (Phi) is 3.84. The van der Waals surface area contributed by atoms with Crippen molar-refractivity contribution in [3.63, 3.8) is 0 Å². The summed E-state index contributed by atoms with van der Waals surface area (Å²) in [5.74, 6) is -1.42. The minimum atomic E-state index is -0.566. The minimum absolute atomic E-state index is 0.321. The first-order valence-corrected chi connectivity index (χ1v) is 7.64. The Bertz CT molecular complexity index is 812. The maximum Gasteiger partial charge on any atom is 0.130 e. The van der Waals surface area contributed by atoms with Crippen LogP contribution < -0.4 is 0 Å². The van der Waals surface area contributed by atoms with E-state index >= 15 is 0 Å². The molecular formula is C19H20F2N2. The Labute approximate surface area is 134 Å². The molecule has 0 fully saturated rings. The van der Waals surface area contributed by atoms with E-state index in [2.05, 4.69) is 9.97 Å². The fourth-order valence-corrected chi connectivity index (χ4v) is 3.29. The molecule has 0 radical (unpaired) electrons. The normalized spacial score (nSPS) is 11.4. The summed E-state index contributed by atoms with van der Waals surface area (Å²) in [6, 6.07) is 7.85. The van der Waals surface area contributed by atoms with Crippen LogP contribution in [-0.4, -0.2) is 9.97 Å². The van der Waals surface area contributed by atoms with Crippen molar-refractivity contribution >= 4 is 0 Å². The number of H-pyrrole nitrogens is 2. The second kappa shape index (κ2) is 5.69. The minimum Gasteiger partial charge on any atom is -0.361 e. The monoisotopic (exact) mass is 314 g/mol. The van der Waals surface area contributed by atoms with Gasteiger partial charge in [-0.1, -0.05) is 6.07 Å². The summed E-state index contributed by atoms with van der Waals surface area (Å²) >= 11 is 0. The molecule has 0 atom stereocenters. The van der Waals surface area contributed by atoms with Crippen LogP contribution >= 0.6 is 0 Å². The number of rotatable bonds is 3. The number of aromatic nitrogens is 2. The summed E-state index contributed by atoms with van der Waals surface area (Å²) in [5.41, 5.74) is 6.47. The van der Waals surface area contributed by atoms with E-state index in [0.29, 0.717) is 5.56 Å². The smallest absolute Gasteiger partial charge is 0.130 e. The molecule has 0 spiro atoms. The van der Waals surface area contributed by atoms with Crippen LogP contribution in [0, 0.1) is 39.3 Å². The number of hydrogen-bond acceptors (Lipinski definition) is 0. The van der Waals surface area contributed by atoms with Crippen LogP contribution in [0.25, 0.3) is 0 Å². The molecule has 0 amide bonds. The molecule has 1 aromatic carbocycles. The number of nitrogens with one attached hydrogen (secondary N) is 2. The van der Waals surface area contributed by atoms with Gasteiger partial charge in [-0.2, -0.15) is 0 Å². The average Bonchev–Trinajstić information content (AvgIpc) is 2.95. The number of aromatic amines is 2. The molecule has 0 aliphatic carbocycles. The van der Waals surface area contributed by atoms with Crippen LogP contribution in [-0.2, 0) is 0 Å². The lowest BCUT2D eigenvalue weighted by Gasteiger charge is -2.19. The molecule has 4 heteroatoms. The van der Waals surface area contributed by atoms with Gasteiger partial charge in [-0.05, 0) is 57.0 Å². The first-order valence-electron chi connectivity index (χ1n) is 7.64. The highest BCUT2D eigenvalue weighted by Crippen LogP contribution is 2.36. The van der Waals surface area contributed by atoms with Gasteiger partial charge in [0.2, 0.25) is 0 Å². The molecule has 2 aromatic heterocycles. The van der Waals surface area contributed by atoms with Gasteiger partial charge in [-0.25, -0.2) is 8.78 Å². The summed E-state index contributed by atoms with van der Waals surface area (Å²) in [4.78, 5) is 6.68. The average molecular weight is 314 g/mol. The lowest BCUT2D eigenvalue weighted by Crippen LogP contribution is -2.10. The van der Waals surface area contributed by atoms with Gasteiger partial charge >= 0.3 is 0 Å². The van der Waals surface area contributed by atoms with E-state index < -0.39 is 11.6 Å². The van der Waals surface area contributed by atoms with Crippen LogP contribution in [0.4, 0.5) is 8.78 Å². The second-order valence-corrected chi connectivity index (χ2v) is 6.20. The Balaban J connectivity index is 2.26. The van der Waals surface area contributed by atoms with E-state index in [0.717, 1.165) is 40.0 Å². The molecular weight excluding hydrogens is 294 g/mol. The number of halogens is 2. The first kappa shape index (κ1) is 15.5. The maximum atomic E-state index is 14.5. The third kappa shape index (κ3) is 2.81. The van der Waals surface area contributed by atoms with Gasteiger partial charge in [-0.3, -0.25) is 0 Å². The van der Waals surface area contributed by atoms with Gasteiger partial charge in [0.25, 0.3) is 0 Å². The van der Waals surface area contributed by atoms with Gasteiger partial charge in [0.1, 0.15) is 11.6 Å². The lowest BCUT2D eigenvalue weighted by atomic mass is 9.88. The summed E-state index contributed by atoms with van der Waals surface area (Å²) in [6.07, 6.45) is 0. The standard InChI is InChI=1S/C19H20F2N2/c1-10-7-12(3)22-18(10)17(19-11(2)8-13(4)23-19)15-6-5-14(20)9-16(15)21/h5-9,17,22-23H,1-4H3. The zero-order valence-corrected chi connectivity index (χ0v) is 13.7. The largest absolute Gasteiger partial charge is 0.361 e. The van der Waals surface area contributed by atoms with Crippen molar-refractivity contribution in [1.82, 2.24) is 9.97 Å². The third-order valence-corrected chi connectivity index (χ3v) is 4.23. The third-order valence-electron chi connectivity index (χ3n) is 4.23. The molecule has 23 heavy (non-hydrogen) atoms. The number of aryl methyl sites for hydroxylation is 4. The SMILES string of the molecule is Cc1cc(C)c(C(c2ccc(F)cc2F)c2[nH]c(C)cc2C)[nH]1. The summed E-state index contributed by atoms with van der Waals surface area (Å²) in [5, 5.41) is 0. The Morgan fingerprint density at radius 2 is 1.30 bits per heavy atom. The van der Waals surface area contributed by atoms with Crippen molar-refractivity contribution in [2.75, 3.05) is 0 Å². The Hall–Kier alpha value is -2.36. The van der Waals surface area contributed by atoms with Crippen molar-refractivity contribution in [3.05, 3.63) is 81.4 Å². The molecule has 0 bridgehead atoms. The molecule has 0 saturated heterocycles. The molecule has 3 rings (SSSR count). The molecule has 0 saturated carbocycles. The quantitative estimate of drug-likeness (QED) is 0.679. The van der Waals surface area contributed by atoms with E-state index in [1.165, 1.54) is 12.1 Å². The number of hydrogen-bond donors (Lipinski definition) is 2. The van der Waals surface area contributed by atoms with E-state index in [4.69, 9.17) is 0 Å². The highest BCUT2D eigenvalue weighted by molar-refractivity contribution is 5.46.